The number of hydrogen-bond acceptors (Lipinski definition) is 6. The van der Waals surface area contributed by atoms with Gasteiger partial charge in [-0.3, -0.25) is 19.4 Å². The Morgan fingerprint density at radius 2 is 1.97 bits per heavy atom. The van der Waals surface area contributed by atoms with Gasteiger partial charge in [0.2, 0.25) is 5.91 Å². The van der Waals surface area contributed by atoms with E-state index in [0.29, 0.717) is 11.6 Å². The number of carbonyl (C=O) groups excluding carboxylic acids is 1. The Kier molecular flexibility index (Phi) is 4.63. The molecule has 1 amide bonds. The van der Waals surface area contributed by atoms with E-state index in [1.165, 1.54) is 17.8 Å². The molecule has 168 valence electrons. The zero-order chi connectivity index (χ0) is 22.8. The van der Waals surface area contributed by atoms with Crippen LogP contribution in [0.25, 0.3) is 11.0 Å². The molecule has 0 radical (unpaired) electrons. The lowest BCUT2D eigenvalue weighted by atomic mass is 10.1. The van der Waals surface area contributed by atoms with Crippen molar-refractivity contribution in [3.63, 3.8) is 0 Å². The average molecular weight is 460 g/mol. The molecule has 0 bridgehead atoms. The maximum Gasteiger partial charge on any atom is 0.277 e. The normalized spacial score (nSPS) is 20.3. The van der Waals surface area contributed by atoms with E-state index in [9.17, 15) is 22.4 Å². The molecule has 32 heavy (non-hydrogen) atoms. The molecule has 2 fully saturated rings. The van der Waals surface area contributed by atoms with Gasteiger partial charge in [-0.05, 0) is 42.9 Å². The number of anilines is 3. The van der Waals surface area contributed by atoms with E-state index in [1.54, 1.807) is 12.1 Å². The molecule has 1 aromatic carbocycles. The quantitative estimate of drug-likeness (QED) is 0.520. The largest absolute Gasteiger partial charge is 0.354 e. The highest BCUT2D eigenvalue weighted by atomic mass is 32.2. The van der Waals surface area contributed by atoms with Crippen LogP contribution in [-0.4, -0.2) is 41.5 Å². The topological polar surface area (TPSA) is 126 Å². The van der Waals surface area contributed by atoms with Crippen LogP contribution in [0.4, 0.5) is 21.6 Å². The predicted molar refractivity (Wildman–Crippen MR) is 118 cm³/mol. The van der Waals surface area contributed by atoms with Gasteiger partial charge >= 0.3 is 0 Å². The van der Waals surface area contributed by atoms with Crippen molar-refractivity contribution >= 4 is 44.0 Å². The van der Waals surface area contributed by atoms with Crippen LogP contribution >= 0.6 is 0 Å². The number of aryl methyl sites for hydroxylation is 1. The molecule has 2 aliphatic carbocycles. The summed E-state index contributed by atoms with van der Waals surface area (Å²) in [6.07, 6.45) is 2.21. The van der Waals surface area contributed by atoms with Gasteiger partial charge in [0.1, 0.15) is 17.4 Å². The fourth-order valence-corrected chi connectivity index (χ4v) is 4.67. The number of sulfone groups is 1. The summed E-state index contributed by atoms with van der Waals surface area (Å²) in [6, 6.07) is 6.68. The number of H-pyrrole nitrogens is 1. The van der Waals surface area contributed by atoms with E-state index >= 15 is 0 Å². The monoisotopic (exact) mass is 459 g/mol. The molecule has 3 N–H and O–H groups in total. The second-order valence-corrected chi connectivity index (χ2v) is 10.5. The molecule has 0 spiro atoms. The maximum atomic E-state index is 13.3. The van der Waals surface area contributed by atoms with Gasteiger partial charge in [0.15, 0.2) is 15.5 Å². The molecule has 5 rings (SSSR count). The number of nitrogens with one attached hydrogen (secondary N) is 3. The van der Waals surface area contributed by atoms with Gasteiger partial charge in [-0.1, -0.05) is 6.07 Å². The minimum atomic E-state index is -3.56. The lowest BCUT2D eigenvalue weighted by molar-refractivity contribution is -0.117. The highest BCUT2D eigenvalue weighted by Crippen LogP contribution is 2.42. The number of carbonyl (C=O) groups is 1. The Hall–Kier alpha value is -3.21. The molecule has 2 saturated carbocycles. The van der Waals surface area contributed by atoms with Crippen molar-refractivity contribution in [2.24, 2.45) is 13.0 Å². The molecule has 0 unspecified atom stereocenters. The SMILES string of the molecule is Cn1[nH]c2nc(NC(=O)[C@@H]3C[C@@H]3F)cc(Nc3ccc(C4CC4)cc3S(C)(=O)=O)c2c1=O. The third kappa shape index (κ3) is 3.77. The van der Waals surface area contributed by atoms with E-state index in [2.05, 4.69) is 20.7 Å². The Labute approximate surface area is 182 Å². The summed E-state index contributed by atoms with van der Waals surface area (Å²) in [5.74, 6) is -0.691. The third-order valence-corrected chi connectivity index (χ3v) is 6.97. The summed E-state index contributed by atoms with van der Waals surface area (Å²) in [7, 11) is -2.03. The summed E-state index contributed by atoms with van der Waals surface area (Å²) in [5, 5.41) is 8.65. The molecule has 2 aromatic heterocycles. The molecule has 3 aromatic rings. The van der Waals surface area contributed by atoms with E-state index in [4.69, 9.17) is 0 Å². The van der Waals surface area contributed by atoms with Crippen molar-refractivity contribution in [2.45, 2.75) is 36.2 Å². The van der Waals surface area contributed by atoms with Gasteiger partial charge in [-0.2, -0.15) is 0 Å². The van der Waals surface area contributed by atoms with Crippen LogP contribution in [0.2, 0.25) is 0 Å². The standard InChI is InChI=1S/C21H22FN5O4S/c1-27-21(29)18-15(9-17(24-19(18)26-27)25-20(28)12-8-13(12)22)23-14-6-5-11(10-3-4-10)7-16(14)32(2,30)31/h5-7,9-10,12-13H,3-4,8H2,1-2H3,(H3,23,24,25,26,28)/t12-,13+/m1/s1. The second kappa shape index (κ2) is 7.16. The van der Waals surface area contributed by atoms with Crippen LogP contribution in [0.5, 0.6) is 0 Å². The Morgan fingerprint density at radius 1 is 1.25 bits per heavy atom. The molecule has 9 nitrogen and oxygen atoms in total. The van der Waals surface area contributed by atoms with Crippen molar-refractivity contribution in [1.29, 1.82) is 0 Å². The first-order valence-corrected chi connectivity index (χ1v) is 12.2. The second-order valence-electron chi connectivity index (χ2n) is 8.53. The summed E-state index contributed by atoms with van der Waals surface area (Å²) in [6.45, 7) is 0. The number of nitrogens with zero attached hydrogens (tertiary/aromatic N) is 2. The Morgan fingerprint density at radius 3 is 2.59 bits per heavy atom. The van der Waals surface area contributed by atoms with Gasteiger partial charge in [0, 0.05) is 19.4 Å². The highest BCUT2D eigenvalue weighted by molar-refractivity contribution is 7.90. The third-order valence-electron chi connectivity index (χ3n) is 5.84. The van der Waals surface area contributed by atoms with Gasteiger partial charge in [-0.25, -0.2) is 17.8 Å². The number of alkyl halides is 1. The number of pyridine rings is 1. The van der Waals surface area contributed by atoms with Crippen LogP contribution < -0.4 is 16.2 Å². The molecular formula is C21H22FN5O4S. The molecule has 2 aliphatic rings. The van der Waals surface area contributed by atoms with Crippen LogP contribution in [0.1, 0.15) is 30.7 Å². The number of benzene rings is 1. The van der Waals surface area contributed by atoms with E-state index < -0.39 is 27.8 Å². The molecule has 2 heterocycles. The highest BCUT2D eigenvalue weighted by Gasteiger charge is 2.43. The lowest BCUT2D eigenvalue weighted by Gasteiger charge is -2.14. The van der Waals surface area contributed by atoms with Crippen molar-refractivity contribution in [3.8, 4) is 0 Å². The van der Waals surface area contributed by atoms with E-state index in [1.807, 2.05) is 6.07 Å². The summed E-state index contributed by atoms with van der Waals surface area (Å²) in [4.78, 5) is 29.2. The van der Waals surface area contributed by atoms with Crippen molar-refractivity contribution in [3.05, 3.63) is 40.2 Å². The van der Waals surface area contributed by atoms with Crippen molar-refractivity contribution in [2.75, 3.05) is 16.9 Å². The lowest BCUT2D eigenvalue weighted by Crippen LogP contribution is -2.16. The molecular weight excluding hydrogens is 437 g/mol. The zero-order valence-electron chi connectivity index (χ0n) is 17.5. The van der Waals surface area contributed by atoms with E-state index in [0.717, 1.165) is 24.7 Å². The number of aromatic amines is 1. The number of rotatable bonds is 6. The van der Waals surface area contributed by atoms with Crippen LogP contribution in [0.15, 0.2) is 34.0 Å². The number of fused-ring (bicyclic) bond motifs is 1. The van der Waals surface area contributed by atoms with Crippen LogP contribution in [0.3, 0.4) is 0 Å². The molecule has 2 atom stereocenters. The molecule has 11 heteroatoms. The van der Waals surface area contributed by atoms with Gasteiger partial charge < -0.3 is 10.6 Å². The molecule has 0 saturated heterocycles. The van der Waals surface area contributed by atoms with Gasteiger partial charge in [0.25, 0.3) is 5.56 Å². The first-order chi connectivity index (χ1) is 15.1. The maximum absolute atomic E-state index is 13.3. The fraction of sp³-hybridized carbons (Fsp3) is 0.381. The fourth-order valence-electron chi connectivity index (χ4n) is 3.80. The number of aromatic nitrogens is 3. The smallest absolute Gasteiger partial charge is 0.277 e. The number of amides is 1. The summed E-state index contributed by atoms with van der Waals surface area (Å²) in [5.41, 5.74) is 1.40. The first kappa shape index (κ1) is 20.7. The number of hydrogen-bond donors (Lipinski definition) is 3. The predicted octanol–water partition coefficient (Wildman–Crippen LogP) is 2.58. The van der Waals surface area contributed by atoms with E-state index in [-0.39, 0.29) is 39.4 Å². The van der Waals surface area contributed by atoms with Gasteiger partial charge in [0.05, 0.1) is 22.2 Å². The summed E-state index contributed by atoms with van der Waals surface area (Å²) < 4.78 is 39.5. The molecule has 0 aliphatic heterocycles. The number of halogens is 1. The Bertz CT molecular complexity index is 1420. The van der Waals surface area contributed by atoms with Crippen molar-refractivity contribution in [1.82, 2.24) is 14.8 Å². The van der Waals surface area contributed by atoms with Crippen molar-refractivity contribution < 1.29 is 17.6 Å². The summed E-state index contributed by atoms with van der Waals surface area (Å²) >= 11 is 0. The minimum absolute atomic E-state index is 0.126. The minimum Gasteiger partial charge on any atom is -0.354 e. The van der Waals surface area contributed by atoms with Crippen LogP contribution in [0, 0.1) is 5.92 Å². The average Bonchev–Trinajstić information content (AvgIpc) is 3.63. The Balaban J connectivity index is 1.59. The first-order valence-electron chi connectivity index (χ1n) is 10.3. The van der Waals surface area contributed by atoms with Gasteiger partial charge in [-0.15, -0.1) is 0 Å². The zero-order valence-corrected chi connectivity index (χ0v) is 18.3. The van der Waals surface area contributed by atoms with Crippen LogP contribution in [-0.2, 0) is 21.7 Å².